The van der Waals surface area contributed by atoms with E-state index < -0.39 is 39.6 Å². The summed E-state index contributed by atoms with van der Waals surface area (Å²) in [5, 5.41) is 11.8. The van der Waals surface area contributed by atoms with E-state index in [1.807, 2.05) is 0 Å². The van der Waals surface area contributed by atoms with Crippen molar-refractivity contribution in [1.82, 2.24) is 0 Å². The smallest absolute Gasteiger partial charge is 0.258 e. The quantitative estimate of drug-likeness (QED) is 0.122. The van der Waals surface area contributed by atoms with Gasteiger partial charge in [0, 0.05) is 12.1 Å². The minimum Gasteiger partial charge on any atom is -0.258 e. The van der Waals surface area contributed by atoms with Gasteiger partial charge in [0.05, 0.1) is 10.5 Å². The van der Waals surface area contributed by atoms with Crippen LogP contribution in [-0.2, 0) is 0 Å². The van der Waals surface area contributed by atoms with E-state index in [2.05, 4.69) is 0 Å². The summed E-state index contributed by atoms with van der Waals surface area (Å²) in [5.41, 5.74) is -0.794. The highest BCUT2D eigenvalue weighted by atomic mass is 19.2. The van der Waals surface area contributed by atoms with Crippen molar-refractivity contribution in [2.45, 2.75) is 0 Å². The van der Waals surface area contributed by atoms with Crippen molar-refractivity contribution in [2.24, 2.45) is 0 Å². The van der Waals surface area contributed by atoms with Crippen LogP contribution >= 0.6 is 0 Å². The Balaban J connectivity index is 2.11. The molecule has 0 aliphatic heterocycles. The Kier molecular flexibility index (Phi) is 4.69. The van der Waals surface area contributed by atoms with Gasteiger partial charge >= 0.3 is 0 Å². The summed E-state index contributed by atoms with van der Waals surface area (Å²) < 4.78 is 70.2. The predicted molar refractivity (Wildman–Crippen MR) is 101 cm³/mol. The van der Waals surface area contributed by atoms with Crippen LogP contribution in [0.2, 0.25) is 0 Å². The van der Waals surface area contributed by atoms with Gasteiger partial charge in [-0.1, -0.05) is 48.5 Å². The molecule has 0 atom stereocenters. The van der Waals surface area contributed by atoms with Crippen molar-refractivity contribution in [1.29, 1.82) is 0 Å². The van der Waals surface area contributed by atoms with E-state index in [1.165, 1.54) is 30.3 Å². The lowest BCUT2D eigenvalue weighted by Crippen LogP contribution is -2.04. The van der Waals surface area contributed by atoms with Gasteiger partial charge in [0.15, 0.2) is 23.3 Å². The second-order valence-electron chi connectivity index (χ2n) is 6.46. The zero-order chi connectivity index (χ0) is 21.6. The zero-order valence-electron chi connectivity index (χ0n) is 14.9. The van der Waals surface area contributed by atoms with Crippen LogP contribution in [0.1, 0.15) is 0 Å². The molecule has 4 aromatic carbocycles. The van der Waals surface area contributed by atoms with Crippen LogP contribution in [0.25, 0.3) is 33.0 Å². The van der Waals surface area contributed by atoms with Crippen molar-refractivity contribution >= 4 is 16.5 Å². The second kappa shape index (κ2) is 7.22. The lowest BCUT2D eigenvalue weighted by Gasteiger charge is -2.14. The molecule has 3 nitrogen and oxygen atoms in total. The molecule has 0 aliphatic carbocycles. The van der Waals surface area contributed by atoms with E-state index in [0.717, 1.165) is 0 Å². The van der Waals surface area contributed by atoms with Gasteiger partial charge in [-0.25, -0.2) is 22.0 Å². The Bertz CT molecular complexity index is 1300. The number of hydrogen-bond acceptors (Lipinski definition) is 2. The fourth-order valence-corrected chi connectivity index (χ4v) is 3.42. The summed E-state index contributed by atoms with van der Waals surface area (Å²) in [5.74, 6) is -10.2. The van der Waals surface area contributed by atoms with Crippen molar-refractivity contribution in [2.75, 3.05) is 0 Å². The van der Waals surface area contributed by atoms with Gasteiger partial charge in [-0.05, 0) is 27.5 Å². The third-order valence-electron chi connectivity index (χ3n) is 4.75. The lowest BCUT2D eigenvalue weighted by molar-refractivity contribution is -0.384. The van der Waals surface area contributed by atoms with Gasteiger partial charge in [0.2, 0.25) is 5.82 Å². The largest absolute Gasteiger partial charge is 0.270 e. The molecule has 0 aliphatic rings. The maximum absolute atomic E-state index is 14.5. The summed E-state index contributed by atoms with van der Waals surface area (Å²) in [6, 6.07) is 14.6. The molecule has 0 heterocycles. The molecule has 4 rings (SSSR count). The number of nitrogens with zero attached hydrogens (tertiary/aromatic N) is 1. The molecule has 150 valence electrons. The first-order chi connectivity index (χ1) is 14.3. The summed E-state index contributed by atoms with van der Waals surface area (Å²) in [6.45, 7) is 0. The van der Waals surface area contributed by atoms with E-state index in [0.29, 0.717) is 16.5 Å². The molecule has 0 bridgehead atoms. The molecule has 0 radical (unpaired) electrons. The fraction of sp³-hybridized carbons (Fsp3) is 0. The molecular formula is C22H10F5NO2. The standard InChI is InChI=1S/C22H10F5NO2/c23-18-17(19(24)21(26)22(27)20(18)25)15-9-3-5-11-4-2-8-14(16(11)15)12-6-1-7-13(10-12)28(29)30/h1-10H. The maximum atomic E-state index is 14.5. The average molecular weight is 415 g/mol. The molecule has 30 heavy (non-hydrogen) atoms. The summed E-state index contributed by atoms with van der Waals surface area (Å²) in [4.78, 5) is 10.5. The minimum absolute atomic E-state index is 0.198. The predicted octanol–water partition coefficient (Wildman–Crippen LogP) is 6.78. The lowest BCUT2D eigenvalue weighted by atomic mass is 9.90. The fourth-order valence-electron chi connectivity index (χ4n) is 3.42. The summed E-state index contributed by atoms with van der Waals surface area (Å²) >= 11 is 0. The highest BCUT2D eigenvalue weighted by Gasteiger charge is 2.28. The third-order valence-corrected chi connectivity index (χ3v) is 4.75. The first-order valence-corrected chi connectivity index (χ1v) is 8.59. The molecule has 0 aromatic heterocycles. The Labute approximate surface area is 166 Å². The molecule has 0 unspecified atom stereocenters. The number of nitro groups is 1. The number of hydrogen-bond donors (Lipinski definition) is 0. The van der Waals surface area contributed by atoms with Crippen LogP contribution < -0.4 is 0 Å². The van der Waals surface area contributed by atoms with Crippen LogP contribution in [0, 0.1) is 39.2 Å². The average Bonchev–Trinajstić information content (AvgIpc) is 2.76. The SMILES string of the molecule is O=[N+]([O-])c1cccc(-c2cccc3cccc(-c4c(F)c(F)c(F)c(F)c4F)c23)c1. The molecule has 0 amide bonds. The number of fused-ring (bicyclic) bond motifs is 1. The summed E-state index contributed by atoms with van der Waals surface area (Å²) in [7, 11) is 0. The molecular weight excluding hydrogens is 405 g/mol. The van der Waals surface area contributed by atoms with Gasteiger partial charge in [-0.15, -0.1) is 0 Å². The number of nitro benzene ring substituents is 1. The normalized spacial score (nSPS) is 11.1. The van der Waals surface area contributed by atoms with Crippen LogP contribution in [-0.4, -0.2) is 4.92 Å². The number of non-ortho nitro benzene ring substituents is 1. The van der Waals surface area contributed by atoms with Gasteiger partial charge < -0.3 is 0 Å². The number of rotatable bonds is 3. The molecule has 0 N–H and O–H groups in total. The van der Waals surface area contributed by atoms with Crippen molar-refractivity contribution in [3.8, 4) is 22.3 Å². The van der Waals surface area contributed by atoms with E-state index >= 15 is 0 Å². The minimum atomic E-state index is -2.24. The van der Waals surface area contributed by atoms with Crippen molar-refractivity contribution < 1.29 is 26.9 Å². The van der Waals surface area contributed by atoms with Gasteiger partial charge in [-0.2, -0.15) is 0 Å². The first-order valence-electron chi connectivity index (χ1n) is 8.59. The highest BCUT2D eigenvalue weighted by molar-refractivity contribution is 6.06. The van der Waals surface area contributed by atoms with Crippen LogP contribution in [0.5, 0.6) is 0 Å². The number of benzene rings is 4. The monoisotopic (exact) mass is 415 g/mol. The zero-order valence-corrected chi connectivity index (χ0v) is 14.9. The van der Waals surface area contributed by atoms with E-state index in [4.69, 9.17) is 0 Å². The second-order valence-corrected chi connectivity index (χ2v) is 6.46. The van der Waals surface area contributed by atoms with Crippen LogP contribution in [0.3, 0.4) is 0 Å². The molecule has 0 spiro atoms. The Morgan fingerprint density at radius 3 is 1.80 bits per heavy atom. The van der Waals surface area contributed by atoms with Crippen molar-refractivity contribution in [3.63, 3.8) is 0 Å². The molecule has 0 fully saturated rings. The Morgan fingerprint density at radius 2 is 1.20 bits per heavy atom. The van der Waals surface area contributed by atoms with Crippen LogP contribution in [0.4, 0.5) is 27.6 Å². The van der Waals surface area contributed by atoms with E-state index in [-0.39, 0.29) is 16.6 Å². The Morgan fingerprint density at radius 1 is 0.667 bits per heavy atom. The Hall–Kier alpha value is -3.81. The number of halogens is 5. The first kappa shape index (κ1) is 19.5. The van der Waals surface area contributed by atoms with Gasteiger partial charge in [-0.3, -0.25) is 10.1 Å². The molecule has 8 heteroatoms. The topological polar surface area (TPSA) is 43.1 Å². The van der Waals surface area contributed by atoms with Gasteiger partial charge in [0.25, 0.3) is 5.69 Å². The van der Waals surface area contributed by atoms with Crippen molar-refractivity contribution in [3.05, 3.63) is 99.9 Å². The third kappa shape index (κ3) is 2.97. The molecule has 0 saturated heterocycles. The summed E-state index contributed by atoms with van der Waals surface area (Å²) in [6.07, 6.45) is 0. The van der Waals surface area contributed by atoms with E-state index in [9.17, 15) is 32.1 Å². The molecule has 4 aromatic rings. The van der Waals surface area contributed by atoms with E-state index in [1.54, 1.807) is 30.3 Å². The van der Waals surface area contributed by atoms with Crippen LogP contribution in [0.15, 0.2) is 60.7 Å². The maximum Gasteiger partial charge on any atom is 0.270 e. The highest BCUT2D eigenvalue weighted by Crippen LogP contribution is 2.40. The molecule has 0 saturated carbocycles. The van der Waals surface area contributed by atoms with Gasteiger partial charge in [0.1, 0.15) is 0 Å².